The maximum absolute atomic E-state index is 12.4. The van der Waals surface area contributed by atoms with Crippen molar-refractivity contribution in [3.8, 4) is 11.5 Å². The largest absolute Gasteiger partial charge is 0.493 e. The molecular formula is C16H22O3. The van der Waals surface area contributed by atoms with E-state index >= 15 is 0 Å². The van der Waals surface area contributed by atoms with Crippen molar-refractivity contribution in [2.45, 2.75) is 33.1 Å². The second kappa shape index (κ2) is 5.64. The van der Waals surface area contributed by atoms with E-state index in [1.807, 2.05) is 12.1 Å². The summed E-state index contributed by atoms with van der Waals surface area (Å²) in [5, 5.41) is 0. The van der Waals surface area contributed by atoms with Gasteiger partial charge in [-0.15, -0.1) is 0 Å². The second-order valence-electron chi connectivity index (χ2n) is 5.38. The molecule has 0 spiro atoms. The van der Waals surface area contributed by atoms with Gasteiger partial charge in [0, 0.05) is 11.5 Å². The summed E-state index contributed by atoms with van der Waals surface area (Å²) in [5.74, 6) is 2.32. The minimum Gasteiger partial charge on any atom is -0.493 e. The normalized spacial score (nSPS) is 19.2. The Kier molecular flexibility index (Phi) is 4.13. The lowest BCUT2D eigenvalue weighted by molar-refractivity contribution is 0.0919. The Morgan fingerprint density at radius 2 is 1.89 bits per heavy atom. The fourth-order valence-electron chi connectivity index (χ4n) is 2.74. The Bertz CT molecular complexity index is 479. The first kappa shape index (κ1) is 13.9. The highest BCUT2D eigenvalue weighted by atomic mass is 16.5. The third-order valence-electron chi connectivity index (χ3n) is 4.10. The zero-order chi connectivity index (χ0) is 14.0. The van der Waals surface area contributed by atoms with E-state index in [2.05, 4.69) is 13.8 Å². The number of ether oxygens (including phenoxy) is 2. The summed E-state index contributed by atoms with van der Waals surface area (Å²) in [6.07, 6.45) is 2.92. The predicted octanol–water partition coefficient (Wildman–Crippen LogP) is 3.50. The van der Waals surface area contributed by atoms with Crippen molar-refractivity contribution in [2.75, 3.05) is 14.2 Å². The van der Waals surface area contributed by atoms with Gasteiger partial charge in [0.2, 0.25) is 0 Å². The summed E-state index contributed by atoms with van der Waals surface area (Å²) in [6.45, 7) is 4.38. The van der Waals surface area contributed by atoms with E-state index in [1.165, 1.54) is 0 Å². The molecule has 2 atom stereocenters. The van der Waals surface area contributed by atoms with Crippen LogP contribution in [0.4, 0.5) is 0 Å². The molecule has 0 aromatic heterocycles. The Morgan fingerprint density at radius 1 is 1.26 bits per heavy atom. The summed E-state index contributed by atoms with van der Waals surface area (Å²) in [4.78, 5) is 12.4. The van der Waals surface area contributed by atoms with Crippen LogP contribution in [0.25, 0.3) is 0 Å². The average molecular weight is 262 g/mol. The number of methoxy groups -OCH3 is 2. The summed E-state index contributed by atoms with van der Waals surface area (Å²) in [6, 6.07) is 3.77. The number of carbonyl (C=O) groups excluding carboxylic acids is 1. The highest BCUT2D eigenvalue weighted by molar-refractivity contribution is 6.02. The molecule has 2 rings (SSSR count). The van der Waals surface area contributed by atoms with Gasteiger partial charge in [-0.3, -0.25) is 4.79 Å². The number of fused-ring (bicyclic) bond motifs is 1. The first-order valence-electron chi connectivity index (χ1n) is 6.89. The van der Waals surface area contributed by atoms with Crippen molar-refractivity contribution in [3.63, 3.8) is 0 Å². The summed E-state index contributed by atoms with van der Waals surface area (Å²) in [5.41, 5.74) is 1.90. The molecule has 19 heavy (non-hydrogen) atoms. The number of hydrogen-bond acceptors (Lipinski definition) is 3. The van der Waals surface area contributed by atoms with Crippen LogP contribution in [0.15, 0.2) is 12.1 Å². The minimum atomic E-state index is 0.127. The van der Waals surface area contributed by atoms with Crippen LogP contribution < -0.4 is 9.47 Å². The number of rotatable bonds is 5. The third-order valence-corrected chi connectivity index (χ3v) is 4.10. The highest BCUT2D eigenvalue weighted by Gasteiger charge is 2.32. The van der Waals surface area contributed by atoms with Gasteiger partial charge < -0.3 is 9.47 Å². The van der Waals surface area contributed by atoms with E-state index < -0.39 is 0 Å². The van der Waals surface area contributed by atoms with Crippen LogP contribution in [0.2, 0.25) is 0 Å². The van der Waals surface area contributed by atoms with Crippen molar-refractivity contribution in [1.82, 2.24) is 0 Å². The molecule has 1 aromatic carbocycles. The van der Waals surface area contributed by atoms with Crippen LogP contribution in [0.1, 0.15) is 42.6 Å². The zero-order valence-corrected chi connectivity index (χ0v) is 12.2. The number of Topliss-reactive ketones (excluding diaryl/α,β-unsaturated/α-hetero) is 1. The Balaban J connectivity index is 2.27. The first-order valence-corrected chi connectivity index (χ1v) is 6.89. The van der Waals surface area contributed by atoms with Crippen LogP contribution in [-0.4, -0.2) is 20.0 Å². The van der Waals surface area contributed by atoms with E-state index in [4.69, 9.17) is 9.47 Å². The number of hydrogen-bond donors (Lipinski definition) is 0. The van der Waals surface area contributed by atoms with E-state index in [-0.39, 0.29) is 11.7 Å². The van der Waals surface area contributed by atoms with Crippen LogP contribution in [0.3, 0.4) is 0 Å². The molecule has 0 aliphatic heterocycles. The summed E-state index contributed by atoms with van der Waals surface area (Å²) < 4.78 is 10.6. The molecule has 0 heterocycles. The molecule has 0 saturated heterocycles. The third kappa shape index (κ3) is 2.60. The Hall–Kier alpha value is -1.51. The first-order chi connectivity index (χ1) is 9.10. The standard InChI is InChI=1S/C16H22O3/c1-5-10(2)6-12-7-11-8-14(18-3)15(19-4)9-13(11)16(12)17/h8-10,12H,5-7H2,1-4H3/t10?,12-/m1/s1. The van der Waals surface area contributed by atoms with Gasteiger partial charge in [0.1, 0.15) is 0 Å². The van der Waals surface area contributed by atoms with E-state index in [9.17, 15) is 4.79 Å². The quantitative estimate of drug-likeness (QED) is 0.814. The summed E-state index contributed by atoms with van der Waals surface area (Å²) >= 11 is 0. The van der Waals surface area contributed by atoms with Gasteiger partial charge >= 0.3 is 0 Å². The molecule has 1 unspecified atom stereocenters. The topological polar surface area (TPSA) is 35.5 Å². The number of ketones is 1. The van der Waals surface area contributed by atoms with E-state index in [0.29, 0.717) is 17.4 Å². The average Bonchev–Trinajstić information content (AvgIpc) is 2.73. The second-order valence-corrected chi connectivity index (χ2v) is 5.38. The van der Waals surface area contributed by atoms with Crippen LogP contribution in [0, 0.1) is 11.8 Å². The van der Waals surface area contributed by atoms with Crippen molar-refractivity contribution in [1.29, 1.82) is 0 Å². The van der Waals surface area contributed by atoms with E-state index in [0.717, 1.165) is 30.4 Å². The van der Waals surface area contributed by atoms with Gasteiger partial charge in [-0.1, -0.05) is 20.3 Å². The maximum Gasteiger partial charge on any atom is 0.166 e. The Labute approximate surface area is 114 Å². The number of benzene rings is 1. The zero-order valence-electron chi connectivity index (χ0n) is 12.2. The lowest BCUT2D eigenvalue weighted by Gasteiger charge is -2.12. The lowest BCUT2D eigenvalue weighted by atomic mass is 9.91. The van der Waals surface area contributed by atoms with E-state index in [1.54, 1.807) is 14.2 Å². The van der Waals surface area contributed by atoms with Crippen LogP contribution in [0.5, 0.6) is 11.5 Å². The smallest absolute Gasteiger partial charge is 0.166 e. The lowest BCUT2D eigenvalue weighted by Crippen LogP contribution is -2.12. The van der Waals surface area contributed by atoms with Gasteiger partial charge in [0.25, 0.3) is 0 Å². The maximum atomic E-state index is 12.4. The van der Waals surface area contributed by atoms with Crippen molar-refractivity contribution in [2.24, 2.45) is 11.8 Å². The fourth-order valence-corrected chi connectivity index (χ4v) is 2.74. The molecule has 0 saturated carbocycles. The molecule has 1 aliphatic carbocycles. The van der Waals surface area contributed by atoms with Gasteiger partial charge in [-0.2, -0.15) is 0 Å². The highest BCUT2D eigenvalue weighted by Crippen LogP contribution is 2.38. The Morgan fingerprint density at radius 3 is 2.47 bits per heavy atom. The molecule has 0 fully saturated rings. The molecule has 3 heteroatoms. The van der Waals surface area contributed by atoms with Crippen molar-refractivity contribution < 1.29 is 14.3 Å². The molecule has 0 N–H and O–H groups in total. The van der Waals surface area contributed by atoms with Crippen LogP contribution >= 0.6 is 0 Å². The predicted molar refractivity (Wildman–Crippen MR) is 75.1 cm³/mol. The van der Waals surface area contributed by atoms with Crippen LogP contribution in [-0.2, 0) is 6.42 Å². The van der Waals surface area contributed by atoms with Crippen molar-refractivity contribution in [3.05, 3.63) is 23.3 Å². The summed E-state index contributed by atoms with van der Waals surface area (Å²) in [7, 11) is 3.22. The fraction of sp³-hybridized carbons (Fsp3) is 0.562. The number of carbonyl (C=O) groups is 1. The molecule has 0 amide bonds. The van der Waals surface area contributed by atoms with Gasteiger partial charge in [0.15, 0.2) is 17.3 Å². The van der Waals surface area contributed by atoms with Crippen molar-refractivity contribution >= 4 is 5.78 Å². The van der Waals surface area contributed by atoms with Gasteiger partial charge in [0.05, 0.1) is 14.2 Å². The monoisotopic (exact) mass is 262 g/mol. The molecule has 0 bridgehead atoms. The molecule has 3 nitrogen and oxygen atoms in total. The SMILES string of the molecule is CCC(C)C[C@@H]1Cc2cc(OC)c(OC)cc2C1=O. The van der Waals surface area contributed by atoms with Gasteiger partial charge in [-0.05, 0) is 36.5 Å². The molecule has 1 aliphatic rings. The minimum absolute atomic E-state index is 0.127. The molecule has 104 valence electrons. The molecular weight excluding hydrogens is 240 g/mol. The van der Waals surface area contributed by atoms with Gasteiger partial charge in [-0.25, -0.2) is 0 Å². The molecule has 1 aromatic rings. The molecule has 0 radical (unpaired) electrons.